The number of fused-ring (bicyclic) bond motifs is 1. The van der Waals surface area contributed by atoms with Crippen molar-refractivity contribution < 1.29 is 23.6 Å². The first-order chi connectivity index (χ1) is 14.4. The lowest BCUT2D eigenvalue weighted by Crippen LogP contribution is -2.47. The Hall–Kier alpha value is -3.16. The van der Waals surface area contributed by atoms with Crippen molar-refractivity contribution >= 4 is 34.7 Å². The number of hydrogen-bond donors (Lipinski definition) is 1. The number of benzene rings is 1. The van der Waals surface area contributed by atoms with Crippen LogP contribution in [0.1, 0.15) is 51.3 Å². The van der Waals surface area contributed by atoms with Gasteiger partial charge < -0.3 is 9.73 Å². The fourth-order valence-corrected chi connectivity index (χ4v) is 4.35. The Balaban J connectivity index is 1.42. The van der Waals surface area contributed by atoms with Crippen LogP contribution in [0.25, 0.3) is 11.0 Å². The largest absolute Gasteiger partial charge is 0.459 e. The van der Waals surface area contributed by atoms with Crippen LogP contribution in [-0.2, 0) is 14.4 Å². The smallest absolute Gasteiger partial charge is 0.334 e. The number of urea groups is 1. The van der Waals surface area contributed by atoms with Crippen LogP contribution < -0.4 is 5.32 Å². The monoisotopic (exact) mass is 411 g/mol. The molecule has 1 aromatic carbocycles. The van der Waals surface area contributed by atoms with Gasteiger partial charge in [-0.25, -0.2) is 9.69 Å². The van der Waals surface area contributed by atoms with Crippen LogP contribution in [-0.4, -0.2) is 46.1 Å². The van der Waals surface area contributed by atoms with E-state index < -0.39 is 36.3 Å². The van der Waals surface area contributed by atoms with Crippen molar-refractivity contribution in [3.8, 4) is 0 Å². The van der Waals surface area contributed by atoms with Crippen LogP contribution in [0, 0.1) is 5.92 Å². The highest BCUT2D eigenvalue weighted by Gasteiger charge is 2.49. The summed E-state index contributed by atoms with van der Waals surface area (Å²) in [6.45, 7) is 3.25. The number of carbonyl (C=O) groups is 4. The molecule has 2 aromatic rings. The molecule has 1 aromatic heterocycles. The van der Waals surface area contributed by atoms with E-state index in [1.54, 1.807) is 6.92 Å². The number of para-hydroxylation sites is 1. The molecule has 0 radical (unpaired) electrons. The van der Waals surface area contributed by atoms with Crippen LogP contribution >= 0.6 is 0 Å². The van der Waals surface area contributed by atoms with Gasteiger partial charge in [-0.3, -0.25) is 19.3 Å². The molecule has 1 aliphatic heterocycles. The predicted octanol–water partition coefficient (Wildman–Crippen LogP) is 2.98. The van der Waals surface area contributed by atoms with Crippen LogP contribution in [0.3, 0.4) is 0 Å². The Morgan fingerprint density at radius 2 is 1.90 bits per heavy atom. The number of nitrogens with one attached hydrogen (secondary N) is 1. The van der Waals surface area contributed by atoms with Crippen molar-refractivity contribution in [2.75, 3.05) is 6.54 Å². The molecule has 1 saturated carbocycles. The molecule has 0 unspecified atom stereocenters. The molecule has 158 valence electrons. The third kappa shape index (κ3) is 3.58. The van der Waals surface area contributed by atoms with Crippen LogP contribution in [0.5, 0.6) is 0 Å². The highest BCUT2D eigenvalue weighted by atomic mass is 16.3. The number of hydrogen-bond acceptors (Lipinski definition) is 5. The molecule has 1 aliphatic carbocycles. The SMILES string of the molecule is C[C@H](NC(=O)CN1C(=O)C(=O)N([C@@H]2CCCC[C@@H]2C)C1=O)c1cc2ccccc2o1. The first kappa shape index (κ1) is 20.1. The van der Waals surface area contributed by atoms with E-state index in [1.807, 2.05) is 37.3 Å². The van der Waals surface area contributed by atoms with Gasteiger partial charge >= 0.3 is 17.8 Å². The highest BCUT2D eigenvalue weighted by molar-refractivity contribution is 6.45. The number of furan rings is 1. The molecule has 30 heavy (non-hydrogen) atoms. The fourth-order valence-electron chi connectivity index (χ4n) is 4.35. The van der Waals surface area contributed by atoms with Gasteiger partial charge in [-0.1, -0.05) is 38.0 Å². The molecule has 1 saturated heterocycles. The molecule has 5 amide bonds. The van der Waals surface area contributed by atoms with E-state index in [0.29, 0.717) is 17.8 Å². The van der Waals surface area contributed by atoms with Gasteiger partial charge in [0, 0.05) is 11.4 Å². The van der Waals surface area contributed by atoms with E-state index >= 15 is 0 Å². The molecular weight excluding hydrogens is 386 g/mol. The van der Waals surface area contributed by atoms with Crippen molar-refractivity contribution in [2.24, 2.45) is 5.92 Å². The normalized spacial score (nSPS) is 23.3. The summed E-state index contributed by atoms with van der Waals surface area (Å²) in [5.74, 6) is -1.60. The molecule has 3 atom stereocenters. The summed E-state index contributed by atoms with van der Waals surface area (Å²) in [6.07, 6.45) is 3.56. The molecule has 0 spiro atoms. The molecule has 8 heteroatoms. The second kappa shape index (κ2) is 7.93. The molecule has 1 N–H and O–H groups in total. The number of carbonyl (C=O) groups excluding carboxylic acids is 4. The lowest BCUT2D eigenvalue weighted by atomic mass is 9.85. The van der Waals surface area contributed by atoms with Crippen molar-refractivity contribution in [3.63, 3.8) is 0 Å². The summed E-state index contributed by atoms with van der Waals surface area (Å²) >= 11 is 0. The Morgan fingerprint density at radius 3 is 2.63 bits per heavy atom. The third-order valence-corrected chi connectivity index (χ3v) is 6.03. The van der Waals surface area contributed by atoms with E-state index in [0.717, 1.165) is 34.4 Å². The summed E-state index contributed by atoms with van der Waals surface area (Å²) in [6, 6.07) is 7.89. The van der Waals surface area contributed by atoms with Crippen molar-refractivity contribution in [1.82, 2.24) is 15.1 Å². The molecule has 2 heterocycles. The van der Waals surface area contributed by atoms with Gasteiger partial charge in [0.15, 0.2) is 0 Å². The summed E-state index contributed by atoms with van der Waals surface area (Å²) < 4.78 is 5.74. The standard InChI is InChI=1S/C22H25N3O5/c1-13-7-3-5-9-16(13)25-21(28)20(27)24(22(25)29)12-19(26)23-14(2)18-11-15-8-4-6-10-17(15)30-18/h4,6,8,10-11,13-14,16H,3,5,7,9,12H2,1-2H3,(H,23,26)/t13-,14-,16+/m0/s1. The first-order valence-corrected chi connectivity index (χ1v) is 10.3. The molecule has 2 aliphatic rings. The minimum absolute atomic E-state index is 0.140. The predicted molar refractivity (Wildman–Crippen MR) is 108 cm³/mol. The summed E-state index contributed by atoms with van der Waals surface area (Å²) in [4.78, 5) is 52.0. The minimum Gasteiger partial charge on any atom is -0.459 e. The number of nitrogens with zero attached hydrogens (tertiary/aromatic N) is 2. The Bertz CT molecular complexity index is 980. The quantitative estimate of drug-likeness (QED) is 0.602. The van der Waals surface area contributed by atoms with Crippen LogP contribution in [0.4, 0.5) is 4.79 Å². The maximum Gasteiger partial charge on any atom is 0.334 e. The van der Waals surface area contributed by atoms with E-state index in [4.69, 9.17) is 4.42 Å². The lowest BCUT2D eigenvalue weighted by Gasteiger charge is -2.34. The zero-order valence-electron chi connectivity index (χ0n) is 17.1. The number of rotatable bonds is 5. The molecular formula is C22H25N3O5. The van der Waals surface area contributed by atoms with E-state index in [-0.39, 0.29) is 12.0 Å². The Labute approximate surface area is 174 Å². The second-order valence-electron chi connectivity index (χ2n) is 8.15. The molecule has 0 bridgehead atoms. The molecule has 8 nitrogen and oxygen atoms in total. The van der Waals surface area contributed by atoms with Gasteiger partial charge in [-0.15, -0.1) is 0 Å². The minimum atomic E-state index is -0.940. The lowest BCUT2D eigenvalue weighted by molar-refractivity contribution is -0.145. The van der Waals surface area contributed by atoms with E-state index in [9.17, 15) is 19.2 Å². The van der Waals surface area contributed by atoms with Crippen molar-refractivity contribution in [2.45, 2.75) is 51.6 Å². The number of imide groups is 2. The van der Waals surface area contributed by atoms with Crippen LogP contribution in [0.15, 0.2) is 34.7 Å². The maximum atomic E-state index is 12.8. The maximum absolute atomic E-state index is 12.8. The second-order valence-corrected chi connectivity index (χ2v) is 8.15. The Kier molecular flexibility index (Phi) is 5.32. The third-order valence-electron chi connectivity index (χ3n) is 6.03. The molecule has 4 rings (SSSR count). The van der Waals surface area contributed by atoms with Gasteiger partial charge in [0.1, 0.15) is 17.9 Å². The summed E-state index contributed by atoms with van der Waals surface area (Å²) in [5, 5.41) is 3.65. The van der Waals surface area contributed by atoms with Gasteiger partial charge in [0.25, 0.3) is 0 Å². The average Bonchev–Trinajstić information content (AvgIpc) is 3.24. The Morgan fingerprint density at radius 1 is 1.17 bits per heavy atom. The van der Waals surface area contributed by atoms with Gasteiger partial charge in [-0.05, 0) is 37.8 Å². The van der Waals surface area contributed by atoms with E-state index in [2.05, 4.69) is 5.32 Å². The number of amides is 5. The van der Waals surface area contributed by atoms with Gasteiger partial charge in [-0.2, -0.15) is 0 Å². The fraction of sp³-hybridized carbons (Fsp3) is 0.455. The average molecular weight is 411 g/mol. The topological polar surface area (TPSA) is 99.9 Å². The van der Waals surface area contributed by atoms with Gasteiger partial charge in [0.2, 0.25) is 5.91 Å². The summed E-state index contributed by atoms with van der Waals surface area (Å²) in [5.41, 5.74) is 0.710. The zero-order chi connectivity index (χ0) is 21.4. The molecule has 2 fully saturated rings. The van der Waals surface area contributed by atoms with E-state index in [1.165, 1.54) is 0 Å². The van der Waals surface area contributed by atoms with Gasteiger partial charge in [0.05, 0.1) is 6.04 Å². The van der Waals surface area contributed by atoms with Crippen molar-refractivity contribution in [3.05, 3.63) is 36.1 Å². The zero-order valence-corrected chi connectivity index (χ0v) is 17.1. The van der Waals surface area contributed by atoms with Crippen molar-refractivity contribution in [1.29, 1.82) is 0 Å². The van der Waals surface area contributed by atoms with Crippen LogP contribution in [0.2, 0.25) is 0 Å². The summed E-state index contributed by atoms with van der Waals surface area (Å²) in [7, 11) is 0. The first-order valence-electron chi connectivity index (χ1n) is 10.3. The highest BCUT2D eigenvalue weighted by Crippen LogP contribution is 2.31.